The Balaban J connectivity index is 1.66. The first-order valence-electron chi connectivity index (χ1n) is 11.9. The molecule has 208 valence electrons. The summed E-state index contributed by atoms with van der Waals surface area (Å²) in [6.07, 6.45) is -9.86. The zero-order chi connectivity index (χ0) is 27.1. The average Bonchev–Trinajstić information content (AvgIpc) is 3.35. The molecule has 0 unspecified atom stereocenters. The summed E-state index contributed by atoms with van der Waals surface area (Å²) < 4.78 is 57.4. The number of ether oxygens (including phenoxy) is 10. The van der Waals surface area contributed by atoms with Crippen molar-refractivity contribution in [3.63, 3.8) is 0 Å². The molecule has 0 aromatic heterocycles. The van der Waals surface area contributed by atoms with Gasteiger partial charge in [0.15, 0.2) is 36.7 Å². The fraction of sp³-hybridized carbons (Fsp3) is 0.826. The fourth-order valence-electron chi connectivity index (χ4n) is 4.89. The standard InChI is InChI=1S/C23H32O14/c1-9(24)28-7-13-15(30-10(2)25)17(31-11(3)26)19(32-12(4)27)22(34-13)35-20-18-16(36-23(5,6)37-18)14-8-29-21(20)33-14/h13-22H,7-8H2,1-6H3/t13-,14-,15+,16+,17+,18+,19-,20-,21-,22+/m1/s1. The summed E-state index contributed by atoms with van der Waals surface area (Å²) >= 11 is 0. The van der Waals surface area contributed by atoms with E-state index < -0.39 is 85.0 Å². The van der Waals surface area contributed by atoms with E-state index in [4.69, 9.17) is 47.4 Å². The lowest BCUT2D eigenvalue weighted by Crippen LogP contribution is -2.65. The predicted molar refractivity (Wildman–Crippen MR) is 115 cm³/mol. The molecule has 0 aliphatic carbocycles. The van der Waals surface area contributed by atoms with Crippen LogP contribution in [0.4, 0.5) is 0 Å². The summed E-state index contributed by atoms with van der Waals surface area (Å²) in [5.41, 5.74) is 0. The van der Waals surface area contributed by atoms with Gasteiger partial charge in [0.25, 0.3) is 0 Å². The van der Waals surface area contributed by atoms with Gasteiger partial charge in [-0.15, -0.1) is 0 Å². The monoisotopic (exact) mass is 532 g/mol. The van der Waals surface area contributed by atoms with Crippen LogP contribution < -0.4 is 0 Å². The number of hydrogen-bond donors (Lipinski definition) is 0. The summed E-state index contributed by atoms with van der Waals surface area (Å²) in [5.74, 6) is -3.76. The molecule has 0 amide bonds. The Kier molecular flexibility index (Phi) is 8.07. The van der Waals surface area contributed by atoms with Crippen LogP contribution in [-0.2, 0) is 66.5 Å². The molecule has 4 saturated heterocycles. The van der Waals surface area contributed by atoms with Crippen LogP contribution in [0.3, 0.4) is 0 Å². The van der Waals surface area contributed by atoms with Crippen molar-refractivity contribution in [2.45, 2.75) is 109 Å². The Morgan fingerprint density at radius 1 is 0.757 bits per heavy atom. The SMILES string of the molecule is CC(=O)OC[C@H]1O[C@@H](O[C@H]2[C@@H]3OC[C@@H](O3)[C@@H]3OC(C)(C)O[C@@H]32)[C@H](OC(C)=O)[C@@H](OC(C)=O)[C@H]1OC(C)=O. The van der Waals surface area contributed by atoms with E-state index >= 15 is 0 Å². The molecule has 2 bridgehead atoms. The molecule has 0 aromatic carbocycles. The van der Waals surface area contributed by atoms with Crippen molar-refractivity contribution in [2.24, 2.45) is 0 Å². The number of carbonyl (C=O) groups is 4. The largest absolute Gasteiger partial charge is 0.463 e. The maximum Gasteiger partial charge on any atom is 0.303 e. The highest BCUT2D eigenvalue weighted by Crippen LogP contribution is 2.43. The highest BCUT2D eigenvalue weighted by Gasteiger charge is 2.61. The lowest BCUT2D eigenvalue weighted by molar-refractivity contribution is -0.343. The summed E-state index contributed by atoms with van der Waals surface area (Å²) in [4.78, 5) is 47.5. The zero-order valence-electron chi connectivity index (χ0n) is 21.4. The summed E-state index contributed by atoms with van der Waals surface area (Å²) in [6.45, 7) is 8.01. The Labute approximate surface area is 213 Å². The van der Waals surface area contributed by atoms with E-state index in [1.165, 1.54) is 6.92 Å². The van der Waals surface area contributed by atoms with E-state index in [2.05, 4.69) is 0 Å². The smallest absolute Gasteiger partial charge is 0.303 e. The summed E-state index contributed by atoms with van der Waals surface area (Å²) in [7, 11) is 0. The van der Waals surface area contributed by atoms with E-state index in [0.29, 0.717) is 0 Å². The maximum absolute atomic E-state index is 12.1. The number of hydrogen-bond acceptors (Lipinski definition) is 14. The fourth-order valence-corrected chi connectivity index (χ4v) is 4.89. The van der Waals surface area contributed by atoms with Crippen molar-refractivity contribution in [2.75, 3.05) is 13.2 Å². The van der Waals surface area contributed by atoms with Crippen molar-refractivity contribution in [3.05, 3.63) is 0 Å². The third-order valence-corrected chi connectivity index (χ3v) is 6.10. The molecule has 0 radical (unpaired) electrons. The van der Waals surface area contributed by atoms with Crippen LogP contribution in [0.25, 0.3) is 0 Å². The molecule has 4 aliphatic rings. The highest BCUT2D eigenvalue weighted by atomic mass is 16.8. The molecular formula is C23H32O14. The van der Waals surface area contributed by atoms with Crippen LogP contribution in [0.5, 0.6) is 0 Å². The second-order valence-corrected chi connectivity index (χ2v) is 9.61. The van der Waals surface area contributed by atoms with Crippen molar-refractivity contribution in [3.8, 4) is 0 Å². The molecule has 0 N–H and O–H groups in total. The van der Waals surface area contributed by atoms with Crippen LogP contribution in [0, 0.1) is 0 Å². The van der Waals surface area contributed by atoms with Gasteiger partial charge in [-0.25, -0.2) is 0 Å². The van der Waals surface area contributed by atoms with Crippen molar-refractivity contribution >= 4 is 23.9 Å². The van der Waals surface area contributed by atoms with Crippen LogP contribution in [0.2, 0.25) is 0 Å². The molecule has 4 aliphatic heterocycles. The van der Waals surface area contributed by atoms with Gasteiger partial charge in [-0.3, -0.25) is 19.2 Å². The lowest BCUT2D eigenvalue weighted by Gasteiger charge is -2.46. The van der Waals surface area contributed by atoms with E-state index in [1.807, 2.05) is 0 Å². The van der Waals surface area contributed by atoms with E-state index in [9.17, 15) is 19.2 Å². The van der Waals surface area contributed by atoms with E-state index in [0.717, 1.165) is 20.8 Å². The second kappa shape index (κ2) is 10.8. The number of carbonyl (C=O) groups excluding carboxylic acids is 4. The second-order valence-electron chi connectivity index (χ2n) is 9.61. The normalized spacial score (nSPS) is 39.8. The van der Waals surface area contributed by atoms with Gasteiger partial charge in [-0.05, 0) is 13.8 Å². The minimum absolute atomic E-state index is 0.254. The molecule has 10 atom stereocenters. The maximum atomic E-state index is 12.1. The van der Waals surface area contributed by atoms with Gasteiger partial charge in [-0.1, -0.05) is 0 Å². The molecule has 4 heterocycles. The average molecular weight is 532 g/mol. The third-order valence-electron chi connectivity index (χ3n) is 6.10. The van der Waals surface area contributed by atoms with Crippen LogP contribution in [0.15, 0.2) is 0 Å². The molecule has 0 aromatic rings. The number of rotatable bonds is 7. The van der Waals surface area contributed by atoms with Crippen LogP contribution in [-0.4, -0.2) is 104 Å². The van der Waals surface area contributed by atoms with Crippen LogP contribution >= 0.6 is 0 Å². The highest BCUT2D eigenvalue weighted by molar-refractivity contribution is 5.68. The molecule has 4 rings (SSSR count). The van der Waals surface area contributed by atoms with E-state index in [-0.39, 0.29) is 19.3 Å². The van der Waals surface area contributed by atoms with Gasteiger partial charge in [0.2, 0.25) is 0 Å². The van der Waals surface area contributed by atoms with Gasteiger partial charge in [0.05, 0.1) is 6.61 Å². The molecule has 4 fully saturated rings. The zero-order valence-corrected chi connectivity index (χ0v) is 21.4. The molecule has 37 heavy (non-hydrogen) atoms. The lowest BCUT2D eigenvalue weighted by atomic mass is 9.97. The van der Waals surface area contributed by atoms with E-state index in [1.54, 1.807) is 13.8 Å². The first kappa shape index (κ1) is 27.7. The van der Waals surface area contributed by atoms with Crippen LogP contribution in [0.1, 0.15) is 41.5 Å². The minimum Gasteiger partial charge on any atom is -0.463 e. The topological polar surface area (TPSA) is 161 Å². The van der Waals surface area contributed by atoms with Gasteiger partial charge in [0, 0.05) is 27.7 Å². The van der Waals surface area contributed by atoms with Gasteiger partial charge in [-0.2, -0.15) is 0 Å². The summed E-state index contributed by atoms with van der Waals surface area (Å²) in [5, 5.41) is 0. The minimum atomic E-state index is -1.40. The molecule has 0 saturated carbocycles. The Hall–Kier alpha value is -2.36. The Morgan fingerprint density at radius 2 is 1.35 bits per heavy atom. The number of esters is 4. The third kappa shape index (κ3) is 6.21. The quantitative estimate of drug-likeness (QED) is 0.311. The molecular weight excluding hydrogens is 500 g/mol. The van der Waals surface area contributed by atoms with Crippen molar-refractivity contribution in [1.82, 2.24) is 0 Å². The van der Waals surface area contributed by atoms with Gasteiger partial charge in [0.1, 0.15) is 37.1 Å². The van der Waals surface area contributed by atoms with Gasteiger partial charge >= 0.3 is 23.9 Å². The Bertz CT molecular complexity index is 904. The van der Waals surface area contributed by atoms with Crippen molar-refractivity contribution < 1.29 is 66.5 Å². The van der Waals surface area contributed by atoms with Gasteiger partial charge < -0.3 is 47.4 Å². The first-order valence-corrected chi connectivity index (χ1v) is 11.9. The first-order chi connectivity index (χ1) is 17.3. The molecule has 14 heteroatoms. The Morgan fingerprint density at radius 3 is 1.97 bits per heavy atom. The predicted octanol–water partition coefficient (Wildman–Crippen LogP) is -0.270. The molecule has 0 spiro atoms. The number of fused-ring (bicyclic) bond motifs is 4. The van der Waals surface area contributed by atoms with Crippen molar-refractivity contribution in [1.29, 1.82) is 0 Å². The molecule has 14 nitrogen and oxygen atoms in total. The summed E-state index contributed by atoms with van der Waals surface area (Å²) in [6, 6.07) is 0.